The van der Waals surface area contributed by atoms with Crippen molar-refractivity contribution in [3.63, 3.8) is 0 Å². The summed E-state index contributed by atoms with van der Waals surface area (Å²) in [6.45, 7) is 1.69. The van der Waals surface area contributed by atoms with Crippen LogP contribution in [0, 0.1) is 18.6 Å². The maximum absolute atomic E-state index is 13.5. The number of nitrogens with one attached hydrogen (secondary N) is 1. The molecule has 0 radical (unpaired) electrons. The molecule has 0 atom stereocenters. The Labute approximate surface area is 114 Å². The number of halogens is 3. The molecule has 2 aromatic rings. The van der Waals surface area contributed by atoms with Crippen molar-refractivity contribution in [3.05, 3.63) is 64.2 Å². The zero-order chi connectivity index (χ0) is 14.0. The number of carbonyl (C=O) groups is 1. The second-order valence-corrected chi connectivity index (χ2v) is 4.53. The highest BCUT2D eigenvalue weighted by Gasteiger charge is 2.13. The van der Waals surface area contributed by atoms with Gasteiger partial charge in [-0.3, -0.25) is 4.79 Å². The Kier molecular flexibility index (Phi) is 3.81. The van der Waals surface area contributed by atoms with Crippen LogP contribution in [-0.2, 0) is 0 Å². The summed E-state index contributed by atoms with van der Waals surface area (Å²) in [6, 6.07) is 7.75. The molecule has 98 valence electrons. The molecule has 0 heterocycles. The summed E-state index contributed by atoms with van der Waals surface area (Å²) in [4.78, 5) is 11.9. The lowest BCUT2D eigenvalue weighted by atomic mass is 10.1. The molecule has 0 aliphatic heterocycles. The van der Waals surface area contributed by atoms with Gasteiger partial charge in [0.1, 0.15) is 11.6 Å². The zero-order valence-electron chi connectivity index (χ0n) is 10.0. The van der Waals surface area contributed by atoms with Gasteiger partial charge in [0.15, 0.2) is 0 Å². The fraction of sp³-hybridized carbons (Fsp3) is 0.0714. The molecule has 5 heteroatoms. The summed E-state index contributed by atoms with van der Waals surface area (Å²) in [6.07, 6.45) is 0. The molecule has 2 aromatic carbocycles. The highest BCUT2D eigenvalue weighted by molar-refractivity contribution is 6.31. The van der Waals surface area contributed by atoms with E-state index in [1.54, 1.807) is 13.0 Å². The first-order valence-electron chi connectivity index (χ1n) is 5.49. The van der Waals surface area contributed by atoms with Crippen LogP contribution < -0.4 is 5.32 Å². The second-order valence-electron chi connectivity index (χ2n) is 4.10. The number of amides is 1. The predicted molar refractivity (Wildman–Crippen MR) is 70.5 cm³/mol. The number of carbonyl (C=O) groups excluding carboxylic acids is 1. The average molecular weight is 282 g/mol. The molecule has 0 spiro atoms. The van der Waals surface area contributed by atoms with Crippen LogP contribution in [0.15, 0.2) is 36.4 Å². The molecule has 0 aliphatic rings. The highest BCUT2D eigenvalue weighted by atomic mass is 35.5. The van der Waals surface area contributed by atoms with Gasteiger partial charge in [-0.05, 0) is 48.9 Å². The molecule has 0 unspecified atom stereocenters. The summed E-state index contributed by atoms with van der Waals surface area (Å²) in [5, 5.41) is 2.68. The van der Waals surface area contributed by atoms with Crippen LogP contribution >= 0.6 is 11.6 Å². The summed E-state index contributed by atoms with van der Waals surface area (Å²) in [5.74, 6) is -1.83. The summed E-state index contributed by atoms with van der Waals surface area (Å²) < 4.78 is 26.7. The van der Waals surface area contributed by atoms with Crippen molar-refractivity contribution in [2.24, 2.45) is 0 Å². The van der Waals surface area contributed by atoms with E-state index in [1.807, 2.05) is 0 Å². The maximum Gasteiger partial charge on any atom is 0.258 e. The van der Waals surface area contributed by atoms with Crippen molar-refractivity contribution < 1.29 is 13.6 Å². The third-order valence-corrected chi connectivity index (χ3v) is 2.71. The molecular weight excluding hydrogens is 272 g/mol. The van der Waals surface area contributed by atoms with Crippen LogP contribution in [0.25, 0.3) is 0 Å². The predicted octanol–water partition coefficient (Wildman–Crippen LogP) is 4.18. The molecule has 2 nitrogen and oxygen atoms in total. The van der Waals surface area contributed by atoms with E-state index >= 15 is 0 Å². The molecule has 0 fully saturated rings. The molecule has 19 heavy (non-hydrogen) atoms. The van der Waals surface area contributed by atoms with Crippen molar-refractivity contribution in [2.75, 3.05) is 5.32 Å². The minimum absolute atomic E-state index is 0.186. The van der Waals surface area contributed by atoms with Crippen LogP contribution in [0.1, 0.15) is 15.9 Å². The van der Waals surface area contributed by atoms with E-state index in [0.717, 1.165) is 12.1 Å². The van der Waals surface area contributed by atoms with Gasteiger partial charge in [-0.2, -0.15) is 0 Å². The quantitative estimate of drug-likeness (QED) is 0.879. The lowest BCUT2D eigenvalue weighted by Gasteiger charge is -2.07. The van der Waals surface area contributed by atoms with Gasteiger partial charge in [0.05, 0.1) is 5.56 Å². The number of anilines is 1. The van der Waals surface area contributed by atoms with Gasteiger partial charge >= 0.3 is 0 Å². The second kappa shape index (κ2) is 5.36. The Balaban J connectivity index is 2.28. The Hall–Kier alpha value is -1.94. The van der Waals surface area contributed by atoms with Gasteiger partial charge in [0, 0.05) is 10.7 Å². The first kappa shape index (κ1) is 13.5. The summed E-state index contributed by atoms with van der Waals surface area (Å²) in [5.41, 5.74) is 0.734. The summed E-state index contributed by atoms with van der Waals surface area (Å²) in [7, 11) is 0. The van der Waals surface area contributed by atoms with E-state index in [4.69, 9.17) is 11.6 Å². The van der Waals surface area contributed by atoms with Gasteiger partial charge in [-0.1, -0.05) is 11.6 Å². The fourth-order valence-electron chi connectivity index (χ4n) is 1.68. The first-order chi connectivity index (χ1) is 8.95. The van der Waals surface area contributed by atoms with E-state index in [1.165, 1.54) is 18.2 Å². The van der Waals surface area contributed by atoms with Gasteiger partial charge < -0.3 is 5.32 Å². The lowest BCUT2D eigenvalue weighted by Crippen LogP contribution is -2.14. The normalized spacial score (nSPS) is 10.3. The number of rotatable bonds is 2. The van der Waals surface area contributed by atoms with E-state index in [0.29, 0.717) is 5.56 Å². The minimum atomic E-state index is -0.685. The van der Waals surface area contributed by atoms with Crippen LogP contribution in [0.5, 0.6) is 0 Å². The van der Waals surface area contributed by atoms with Crippen LogP contribution in [0.2, 0.25) is 5.02 Å². The zero-order valence-corrected chi connectivity index (χ0v) is 10.8. The molecule has 2 rings (SSSR count). The first-order valence-corrected chi connectivity index (χ1v) is 5.87. The van der Waals surface area contributed by atoms with Crippen molar-refractivity contribution in [3.8, 4) is 0 Å². The highest BCUT2D eigenvalue weighted by Crippen LogP contribution is 2.18. The Morgan fingerprint density at radius 1 is 1.16 bits per heavy atom. The monoisotopic (exact) mass is 281 g/mol. The number of hydrogen-bond acceptors (Lipinski definition) is 1. The fourth-order valence-corrected chi connectivity index (χ4v) is 1.85. The third kappa shape index (κ3) is 3.29. The van der Waals surface area contributed by atoms with Gasteiger partial charge in [-0.15, -0.1) is 0 Å². The van der Waals surface area contributed by atoms with Crippen LogP contribution in [0.3, 0.4) is 0 Å². The largest absolute Gasteiger partial charge is 0.322 e. The number of aryl methyl sites for hydroxylation is 1. The smallest absolute Gasteiger partial charge is 0.258 e. The van der Waals surface area contributed by atoms with Crippen molar-refractivity contribution >= 4 is 23.2 Å². The molecule has 0 saturated heterocycles. The van der Waals surface area contributed by atoms with Crippen molar-refractivity contribution in [1.29, 1.82) is 0 Å². The van der Waals surface area contributed by atoms with Gasteiger partial charge in [0.2, 0.25) is 0 Å². The molecule has 0 saturated carbocycles. The number of benzene rings is 2. The summed E-state index contributed by atoms with van der Waals surface area (Å²) >= 11 is 5.71. The van der Waals surface area contributed by atoms with E-state index < -0.39 is 17.5 Å². The Morgan fingerprint density at radius 2 is 1.89 bits per heavy atom. The van der Waals surface area contributed by atoms with Crippen LogP contribution in [0.4, 0.5) is 14.5 Å². The van der Waals surface area contributed by atoms with Gasteiger partial charge in [0.25, 0.3) is 5.91 Å². The van der Waals surface area contributed by atoms with E-state index in [9.17, 15) is 13.6 Å². The van der Waals surface area contributed by atoms with Gasteiger partial charge in [-0.25, -0.2) is 8.78 Å². The Morgan fingerprint density at radius 3 is 2.58 bits per heavy atom. The molecule has 1 N–H and O–H groups in total. The minimum Gasteiger partial charge on any atom is -0.322 e. The molecule has 0 bridgehead atoms. The average Bonchev–Trinajstić information content (AvgIpc) is 2.30. The topological polar surface area (TPSA) is 29.1 Å². The van der Waals surface area contributed by atoms with E-state index in [-0.39, 0.29) is 16.3 Å². The SMILES string of the molecule is Cc1cc(F)cc(NC(=O)c2cc(Cl)ccc2F)c1. The Bertz CT molecular complexity index is 623. The van der Waals surface area contributed by atoms with Crippen molar-refractivity contribution in [2.45, 2.75) is 6.92 Å². The molecular formula is C14H10ClF2NO. The standard InChI is InChI=1S/C14H10ClF2NO/c1-8-4-10(16)7-11(5-8)18-14(19)12-6-9(15)2-3-13(12)17/h2-7H,1H3,(H,18,19). The molecule has 1 amide bonds. The maximum atomic E-state index is 13.5. The molecule has 0 aromatic heterocycles. The third-order valence-electron chi connectivity index (χ3n) is 2.47. The van der Waals surface area contributed by atoms with Crippen molar-refractivity contribution in [1.82, 2.24) is 0 Å². The van der Waals surface area contributed by atoms with E-state index in [2.05, 4.69) is 5.32 Å². The molecule has 0 aliphatic carbocycles. The van der Waals surface area contributed by atoms with Crippen LogP contribution in [-0.4, -0.2) is 5.91 Å². The number of hydrogen-bond donors (Lipinski definition) is 1. The lowest BCUT2D eigenvalue weighted by molar-refractivity contribution is 0.102.